The summed E-state index contributed by atoms with van der Waals surface area (Å²) in [7, 11) is 1.96. The number of aryl methyl sites for hydroxylation is 2. The molecule has 5 heteroatoms. The molecule has 2 N–H and O–H groups in total. The van der Waals surface area contributed by atoms with E-state index in [4.69, 9.17) is 10.5 Å². The van der Waals surface area contributed by atoms with E-state index < -0.39 is 0 Å². The molecule has 2 rings (SSSR count). The van der Waals surface area contributed by atoms with Crippen LogP contribution in [-0.4, -0.2) is 35.6 Å². The van der Waals surface area contributed by atoms with E-state index in [1.54, 1.807) is 0 Å². The molecule has 1 fully saturated rings. The van der Waals surface area contributed by atoms with Gasteiger partial charge in [0, 0.05) is 20.1 Å². The molecule has 1 unspecified atom stereocenters. The van der Waals surface area contributed by atoms with Gasteiger partial charge in [0.25, 0.3) is 0 Å². The van der Waals surface area contributed by atoms with Crippen LogP contribution in [0.3, 0.4) is 0 Å². The zero-order chi connectivity index (χ0) is 12.4. The molecule has 1 atom stereocenters. The van der Waals surface area contributed by atoms with Gasteiger partial charge in [0.1, 0.15) is 0 Å². The second-order valence-corrected chi connectivity index (χ2v) is 4.51. The Balaban J connectivity index is 2.24. The van der Waals surface area contributed by atoms with Crippen molar-refractivity contribution in [2.75, 3.05) is 30.3 Å². The lowest BCUT2D eigenvalue weighted by Gasteiger charge is -2.34. The highest BCUT2D eigenvalue weighted by molar-refractivity contribution is 5.66. The van der Waals surface area contributed by atoms with Crippen molar-refractivity contribution in [3.05, 3.63) is 5.69 Å². The number of morpholine rings is 1. The van der Waals surface area contributed by atoms with Gasteiger partial charge in [-0.05, 0) is 12.8 Å². The average Bonchev–Trinajstić information content (AvgIpc) is 2.64. The van der Waals surface area contributed by atoms with E-state index in [1.165, 1.54) is 0 Å². The fraction of sp³-hybridized carbons (Fsp3) is 0.750. The molecule has 1 aliphatic heterocycles. The largest absolute Gasteiger partial charge is 0.394 e. The molecular weight excluding hydrogens is 216 g/mol. The molecule has 0 radical (unpaired) electrons. The number of aromatic nitrogens is 2. The number of rotatable bonds is 3. The number of ether oxygens (including phenoxy) is 1. The van der Waals surface area contributed by atoms with Gasteiger partial charge in [-0.15, -0.1) is 0 Å². The van der Waals surface area contributed by atoms with Crippen molar-refractivity contribution in [2.45, 2.75) is 32.8 Å². The van der Waals surface area contributed by atoms with Crippen LogP contribution in [0.25, 0.3) is 0 Å². The molecule has 0 bridgehead atoms. The Bertz CT molecular complexity index is 388. The molecule has 5 nitrogen and oxygen atoms in total. The van der Waals surface area contributed by atoms with Gasteiger partial charge >= 0.3 is 0 Å². The van der Waals surface area contributed by atoms with Gasteiger partial charge in [-0.1, -0.05) is 13.8 Å². The lowest BCUT2D eigenvalue weighted by atomic mass is 10.2. The Kier molecular flexibility index (Phi) is 3.57. The summed E-state index contributed by atoms with van der Waals surface area (Å²) in [5.74, 6) is 1.05. The Hall–Kier alpha value is -1.23. The van der Waals surface area contributed by atoms with Crippen molar-refractivity contribution in [2.24, 2.45) is 7.05 Å². The van der Waals surface area contributed by atoms with Gasteiger partial charge in [-0.3, -0.25) is 4.68 Å². The topological polar surface area (TPSA) is 56.3 Å². The first-order valence-electron chi connectivity index (χ1n) is 6.35. The summed E-state index contributed by atoms with van der Waals surface area (Å²) < 4.78 is 7.57. The van der Waals surface area contributed by atoms with E-state index in [0.29, 0.717) is 6.10 Å². The van der Waals surface area contributed by atoms with Gasteiger partial charge in [0.05, 0.1) is 24.1 Å². The molecule has 0 saturated carbocycles. The van der Waals surface area contributed by atoms with Crippen LogP contribution in [0.5, 0.6) is 0 Å². The zero-order valence-corrected chi connectivity index (χ0v) is 10.9. The second kappa shape index (κ2) is 4.96. The number of hydrogen-bond donors (Lipinski definition) is 1. The summed E-state index contributed by atoms with van der Waals surface area (Å²) in [6.07, 6.45) is 2.22. The van der Waals surface area contributed by atoms with E-state index in [0.717, 1.165) is 49.7 Å². The molecule has 0 aliphatic carbocycles. The van der Waals surface area contributed by atoms with Crippen LogP contribution in [0.1, 0.15) is 26.0 Å². The summed E-state index contributed by atoms with van der Waals surface area (Å²) in [5.41, 5.74) is 7.98. The smallest absolute Gasteiger partial charge is 0.150 e. The van der Waals surface area contributed by atoms with Crippen molar-refractivity contribution in [1.29, 1.82) is 0 Å². The maximum absolute atomic E-state index is 6.17. The lowest BCUT2D eigenvalue weighted by molar-refractivity contribution is 0.0380. The summed E-state index contributed by atoms with van der Waals surface area (Å²) in [6.45, 7) is 6.80. The van der Waals surface area contributed by atoms with E-state index in [-0.39, 0.29) is 0 Å². The minimum atomic E-state index is 0.308. The Labute approximate surface area is 103 Å². The van der Waals surface area contributed by atoms with E-state index in [9.17, 15) is 0 Å². The first-order chi connectivity index (χ1) is 8.17. The number of anilines is 2. The van der Waals surface area contributed by atoms with Crippen molar-refractivity contribution < 1.29 is 4.74 Å². The van der Waals surface area contributed by atoms with Crippen LogP contribution in [-0.2, 0) is 18.2 Å². The molecule has 1 aliphatic rings. The quantitative estimate of drug-likeness (QED) is 0.859. The molecule has 1 aromatic rings. The van der Waals surface area contributed by atoms with Crippen molar-refractivity contribution in [3.63, 3.8) is 0 Å². The Morgan fingerprint density at radius 3 is 2.82 bits per heavy atom. The molecule has 0 spiro atoms. The molecule has 2 heterocycles. The van der Waals surface area contributed by atoms with Crippen LogP contribution in [0.15, 0.2) is 0 Å². The Morgan fingerprint density at radius 1 is 1.47 bits per heavy atom. The average molecular weight is 238 g/mol. The molecule has 0 amide bonds. The standard InChI is InChI=1S/C12H22N4O/c1-4-9-8-16(6-7-17-9)12-11(13)10(5-2)14-15(12)3/h9H,4-8,13H2,1-3H3. The monoisotopic (exact) mass is 238 g/mol. The van der Waals surface area contributed by atoms with Gasteiger partial charge in [0.2, 0.25) is 0 Å². The first-order valence-corrected chi connectivity index (χ1v) is 6.35. The maximum Gasteiger partial charge on any atom is 0.150 e. The van der Waals surface area contributed by atoms with E-state index in [1.807, 2.05) is 11.7 Å². The van der Waals surface area contributed by atoms with Crippen molar-refractivity contribution in [1.82, 2.24) is 9.78 Å². The third-order valence-corrected chi connectivity index (χ3v) is 3.36. The highest BCUT2D eigenvalue weighted by atomic mass is 16.5. The third-order valence-electron chi connectivity index (χ3n) is 3.36. The summed E-state index contributed by atoms with van der Waals surface area (Å²) in [5, 5.41) is 4.46. The SMILES string of the molecule is CCc1nn(C)c(N2CCOC(CC)C2)c1N. The molecule has 96 valence electrons. The molecule has 1 saturated heterocycles. The molecular formula is C12H22N4O. The van der Waals surface area contributed by atoms with Crippen molar-refractivity contribution in [3.8, 4) is 0 Å². The lowest BCUT2D eigenvalue weighted by Crippen LogP contribution is -2.43. The van der Waals surface area contributed by atoms with Crippen LogP contribution >= 0.6 is 0 Å². The number of nitrogen functional groups attached to an aromatic ring is 1. The molecule has 17 heavy (non-hydrogen) atoms. The summed E-state index contributed by atoms with van der Waals surface area (Å²) in [4.78, 5) is 2.29. The predicted molar refractivity (Wildman–Crippen MR) is 69.2 cm³/mol. The normalized spacial score (nSPS) is 20.9. The van der Waals surface area contributed by atoms with Gasteiger partial charge in [-0.25, -0.2) is 0 Å². The summed E-state index contributed by atoms with van der Waals surface area (Å²) >= 11 is 0. The third kappa shape index (κ3) is 2.24. The minimum absolute atomic E-state index is 0.308. The zero-order valence-electron chi connectivity index (χ0n) is 10.9. The first kappa shape index (κ1) is 12.2. The van der Waals surface area contributed by atoms with Gasteiger partial charge in [-0.2, -0.15) is 5.10 Å². The fourth-order valence-electron chi connectivity index (χ4n) is 2.38. The number of nitrogens with two attached hydrogens (primary N) is 1. The van der Waals surface area contributed by atoms with Crippen molar-refractivity contribution >= 4 is 11.5 Å². The Morgan fingerprint density at radius 2 is 2.24 bits per heavy atom. The molecule has 0 aromatic carbocycles. The van der Waals surface area contributed by atoms with Crippen LogP contribution in [0.4, 0.5) is 11.5 Å². The molecule has 1 aromatic heterocycles. The van der Waals surface area contributed by atoms with Crippen LogP contribution < -0.4 is 10.6 Å². The van der Waals surface area contributed by atoms with E-state index >= 15 is 0 Å². The van der Waals surface area contributed by atoms with E-state index in [2.05, 4.69) is 23.8 Å². The number of hydrogen-bond acceptors (Lipinski definition) is 4. The summed E-state index contributed by atoms with van der Waals surface area (Å²) in [6, 6.07) is 0. The maximum atomic E-state index is 6.17. The predicted octanol–water partition coefficient (Wildman–Crippen LogP) is 1.18. The van der Waals surface area contributed by atoms with Gasteiger partial charge < -0.3 is 15.4 Å². The minimum Gasteiger partial charge on any atom is -0.394 e. The highest BCUT2D eigenvalue weighted by Crippen LogP contribution is 2.28. The fourth-order valence-corrected chi connectivity index (χ4v) is 2.38. The number of nitrogens with zero attached hydrogens (tertiary/aromatic N) is 3. The van der Waals surface area contributed by atoms with Crippen LogP contribution in [0.2, 0.25) is 0 Å². The highest BCUT2D eigenvalue weighted by Gasteiger charge is 2.24. The van der Waals surface area contributed by atoms with Gasteiger partial charge in [0.15, 0.2) is 5.82 Å². The van der Waals surface area contributed by atoms with Crippen LogP contribution in [0, 0.1) is 0 Å². The second-order valence-electron chi connectivity index (χ2n) is 4.51.